The Balaban J connectivity index is 1.64. The summed E-state index contributed by atoms with van der Waals surface area (Å²) in [5, 5.41) is 8.32. The smallest absolute Gasteiger partial charge is 0.267 e. The molecule has 8 heteroatoms. The first kappa shape index (κ1) is 19.5. The molecule has 0 unspecified atom stereocenters. The summed E-state index contributed by atoms with van der Waals surface area (Å²) in [4.78, 5) is 30.7. The zero-order valence-electron chi connectivity index (χ0n) is 15.9. The van der Waals surface area contributed by atoms with Crippen molar-refractivity contribution in [1.29, 1.82) is 0 Å². The normalized spacial score (nSPS) is 13.9. The van der Waals surface area contributed by atoms with Gasteiger partial charge in [0.2, 0.25) is 5.91 Å². The summed E-state index contributed by atoms with van der Waals surface area (Å²) in [6.45, 7) is 0.541. The molecule has 0 saturated heterocycles. The third-order valence-corrected chi connectivity index (χ3v) is 4.33. The van der Waals surface area contributed by atoms with Gasteiger partial charge in [-0.15, -0.1) is 0 Å². The van der Waals surface area contributed by atoms with Crippen molar-refractivity contribution in [3.05, 3.63) is 59.5 Å². The van der Waals surface area contributed by atoms with E-state index in [1.807, 2.05) is 31.1 Å². The predicted molar refractivity (Wildman–Crippen MR) is 104 cm³/mol. The molecule has 146 valence electrons. The van der Waals surface area contributed by atoms with Gasteiger partial charge in [-0.05, 0) is 35.4 Å². The Morgan fingerprint density at radius 1 is 1.18 bits per heavy atom. The van der Waals surface area contributed by atoms with E-state index >= 15 is 0 Å². The van der Waals surface area contributed by atoms with Crippen LogP contribution in [0.3, 0.4) is 0 Å². The van der Waals surface area contributed by atoms with Crippen molar-refractivity contribution in [3.63, 3.8) is 0 Å². The number of pyridine rings is 1. The van der Waals surface area contributed by atoms with E-state index in [-0.39, 0.29) is 30.6 Å². The number of hydrogen-bond donors (Lipinski definition) is 1. The zero-order valence-corrected chi connectivity index (χ0v) is 15.9. The fraction of sp³-hybridized carbons (Fsp3) is 0.300. The van der Waals surface area contributed by atoms with Crippen molar-refractivity contribution in [2.45, 2.75) is 25.9 Å². The summed E-state index contributed by atoms with van der Waals surface area (Å²) in [5.41, 5.74) is 1.97. The van der Waals surface area contributed by atoms with Crippen LogP contribution in [0.25, 0.3) is 0 Å². The van der Waals surface area contributed by atoms with E-state index in [0.29, 0.717) is 18.7 Å². The van der Waals surface area contributed by atoms with Gasteiger partial charge in [0.1, 0.15) is 17.3 Å². The van der Waals surface area contributed by atoms with Gasteiger partial charge in [-0.1, -0.05) is 12.1 Å². The van der Waals surface area contributed by atoms with Crippen LogP contribution >= 0.6 is 0 Å². The fourth-order valence-electron chi connectivity index (χ4n) is 2.75. The van der Waals surface area contributed by atoms with Crippen LogP contribution in [0.1, 0.15) is 24.0 Å². The number of anilines is 1. The lowest BCUT2D eigenvalue weighted by molar-refractivity contribution is -0.132. The minimum atomic E-state index is -0.342. The standard InChI is InChI=1S/C20H22FN5O2/c1-25(2)18-11-15(9-10-22-18)12-23-20(28)17-7-8-19(27)26(24-17)13-14-3-5-16(21)6-4-14/h3-6,9-11H,7-8,12-13H2,1-2H3,(H,23,28). The lowest BCUT2D eigenvalue weighted by atomic mass is 10.1. The molecule has 0 aliphatic carbocycles. The highest BCUT2D eigenvalue weighted by Crippen LogP contribution is 2.15. The van der Waals surface area contributed by atoms with Crippen LogP contribution in [-0.2, 0) is 22.7 Å². The molecular weight excluding hydrogens is 361 g/mol. The van der Waals surface area contributed by atoms with Crippen molar-refractivity contribution < 1.29 is 14.0 Å². The maximum atomic E-state index is 13.0. The number of nitrogens with one attached hydrogen (secondary N) is 1. The van der Waals surface area contributed by atoms with Crippen LogP contribution in [0.2, 0.25) is 0 Å². The number of aromatic nitrogens is 1. The topological polar surface area (TPSA) is 77.9 Å². The number of nitrogens with zero attached hydrogens (tertiary/aromatic N) is 4. The molecule has 0 spiro atoms. The molecule has 2 amide bonds. The number of amides is 2. The highest BCUT2D eigenvalue weighted by Gasteiger charge is 2.24. The SMILES string of the molecule is CN(C)c1cc(CNC(=O)C2=NN(Cc3ccc(F)cc3)C(=O)CC2)ccn1. The van der Waals surface area contributed by atoms with E-state index in [4.69, 9.17) is 0 Å². The molecule has 0 radical (unpaired) electrons. The first-order valence-electron chi connectivity index (χ1n) is 8.95. The van der Waals surface area contributed by atoms with Gasteiger partial charge in [0, 0.05) is 39.7 Å². The van der Waals surface area contributed by atoms with Crippen molar-refractivity contribution in [2.24, 2.45) is 5.10 Å². The van der Waals surface area contributed by atoms with Crippen LogP contribution in [0, 0.1) is 5.82 Å². The number of benzene rings is 1. The highest BCUT2D eigenvalue weighted by molar-refractivity contribution is 6.39. The molecule has 2 heterocycles. The van der Waals surface area contributed by atoms with E-state index in [2.05, 4.69) is 15.4 Å². The van der Waals surface area contributed by atoms with Gasteiger partial charge < -0.3 is 10.2 Å². The Bertz CT molecular complexity index is 896. The third kappa shape index (κ3) is 4.91. The van der Waals surface area contributed by atoms with Gasteiger partial charge >= 0.3 is 0 Å². The van der Waals surface area contributed by atoms with Crippen LogP contribution in [0.4, 0.5) is 10.2 Å². The molecule has 0 atom stereocenters. The molecular formula is C20H22FN5O2. The van der Waals surface area contributed by atoms with E-state index < -0.39 is 0 Å². The Labute approximate surface area is 162 Å². The van der Waals surface area contributed by atoms with Crippen molar-refractivity contribution >= 4 is 23.3 Å². The second kappa shape index (κ2) is 8.60. The summed E-state index contributed by atoms with van der Waals surface area (Å²) in [6.07, 6.45) is 2.20. The lowest BCUT2D eigenvalue weighted by Crippen LogP contribution is -2.38. The average molecular weight is 383 g/mol. The molecule has 1 aromatic carbocycles. The Morgan fingerprint density at radius 3 is 2.64 bits per heavy atom. The summed E-state index contributed by atoms with van der Waals surface area (Å²) in [6, 6.07) is 9.58. The van der Waals surface area contributed by atoms with Gasteiger partial charge in [-0.2, -0.15) is 5.10 Å². The van der Waals surface area contributed by atoms with Crippen molar-refractivity contribution in [2.75, 3.05) is 19.0 Å². The Kier molecular flexibility index (Phi) is 5.98. The third-order valence-electron chi connectivity index (χ3n) is 4.33. The minimum absolute atomic E-state index is 0.161. The van der Waals surface area contributed by atoms with E-state index in [0.717, 1.165) is 16.9 Å². The second-order valence-corrected chi connectivity index (χ2v) is 6.72. The first-order chi connectivity index (χ1) is 13.4. The van der Waals surface area contributed by atoms with Gasteiger partial charge in [-0.25, -0.2) is 14.4 Å². The molecule has 2 aromatic rings. The number of hydrogen-bond acceptors (Lipinski definition) is 5. The maximum absolute atomic E-state index is 13.0. The summed E-state index contributed by atoms with van der Waals surface area (Å²) in [7, 11) is 3.79. The number of rotatable bonds is 6. The number of carbonyl (C=O) groups is 2. The molecule has 28 heavy (non-hydrogen) atoms. The van der Waals surface area contributed by atoms with E-state index in [1.54, 1.807) is 18.3 Å². The minimum Gasteiger partial charge on any atom is -0.363 e. The van der Waals surface area contributed by atoms with E-state index in [9.17, 15) is 14.0 Å². The summed E-state index contributed by atoms with van der Waals surface area (Å²) < 4.78 is 13.0. The Morgan fingerprint density at radius 2 is 1.93 bits per heavy atom. The largest absolute Gasteiger partial charge is 0.363 e. The highest BCUT2D eigenvalue weighted by atomic mass is 19.1. The quantitative estimate of drug-likeness (QED) is 0.829. The Hall–Kier alpha value is -3.29. The van der Waals surface area contributed by atoms with Gasteiger partial charge in [-0.3, -0.25) is 9.59 Å². The van der Waals surface area contributed by atoms with Crippen molar-refractivity contribution in [1.82, 2.24) is 15.3 Å². The van der Waals surface area contributed by atoms with Crippen LogP contribution in [0.5, 0.6) is 0 Å². The summed E-state index contributed by atoms with van der Waals surface area (Å²) >= 11 is 0. The predicted octanol–water partition coefficient (Wildman–Crippen LogP) is 2.08. The monoisotopic (exact) mass is 383 g/mol. The van der Waals surface area contributed by atoms with Gasteiger partial charge in [0.05, 0.1) is 6.54 Å². The molecule has 1 aliphatic heterocycles. The average Bonchev–Trinajstić information content (AvgIpc) is 2.69. The number of hydrazone groups is 1. The molecule has 1 aromatic heterocycles. The summed E-state index contributed by atoms with van der Waals surface area (Å²) in [5.74, 6) is -0.00546. The second-order valence-electron chi connectivity index (χ2n) is 6.72. The van der Waals surface area contributed by atoms with Gasteiger partial charge in [0.25, 0.3) is 5.91 Å². The van der Waals surface area contributed by atoms with Crippen LogP contribution in [-0.4, -0.2) is 41.6 Å². The molecule has 1 aliphatic rings. The van der Waals surface area contributed by atoms with Crippen LogP contribution < -0.4 is 10.2 Å². The molecule has 1 N–H and O–H groups in total. The molecule has 0 fully saturated rings. The molecule has 3 rings (SSSR count). The first-order valence-corrected chi connectivity index (χ1v) is 8.95. The van der Waals surface area contributed by atoms with Crippen molar-refractivity contribution in [3.8, 4) is 0 Å². The lowest BCUT2D eigenvalue weighted by Gasteiger charge is -2.23. The van der Waals surface area contributed by atoms with Gasteiger partial charge in [0.15, 0.2) is 0 Å². The number of halogens is 1. The molecule has 0 bridgehead atoms. The molecule has 7 nitrogen and oxygen atoms in total. The molecule has 0 saturated carbocycles. The zero-order chi connectivity index (χ0) is 20.1. The van der Waals surface area contributed by atoms with E-state index in [1.165, 1.54) is 17.1 Å². The number of carbonyl (C=O) groups excluding carboxylic acids is 2. The fourth-order valence-corrected chi connectivity index (χ4v) is 2.75. The maximum Gasteiger partial charge on any atom is 0.267 e. The van der Waals surface area contributed by atoms with Crippen LogP contribution in [0.15, 0.2) is 47.7 Å².